The van der Waals surface area contributed by atoms with Crippen LogP contribution in [0.2, 0.25) is 0 Å². The van der Waals surface area contributed by atoms with Crippen molar-refractivity contribution >= 4 is 12.0 Å². The van der Waals surface area contributed by atoms with E-state index in [1.54, 1.807) is 6.08 Å². The van der Waals surface area contributed by atoms with Crippen molar-refractivity contribution in [3.05, 3.63) is 71.8 Å². The second-order valence-electron chi connectivity index (χ2n) is 4.53. The maximum atomic E-state index is 11.5. The first-order valence-corrected chi connectivity index (χ1v) is 6.84. The predicted molar refractivity (Wildman–Crippen MR) is 83.1 cm³/mol. The lowest BCUT2D eigenvalue weighted by Gasteiger charge is -2.08. The molecule has 0 N–H and O–H groups in total. The molecule has 0 atom stereocenters. The summed E-state index contributed by atoms with van der Waals surface area (Å²) < 4.78 is 10.6. The van der Waals surface area contributed by atoms with Gasteiger partial charge in [-0.3, -0.25) is 0 Å². The molecular weight excluding hydrogens is 264 g/mol. The number of ether oxygens (including phenoxy) is 2. The Bertz CT molecular complexity index is 603. The van der Waals surface area contributed by atoms with Crippen LogP contribution in [0.5, 0.6) is 5.75 Å². The van der Waals surface area contributed by atoms with E-state index in [4.69, 9.17) is 9.47 Å². The Balaban J connectivity index is 1.70. The second kappa shape index (κ2) is 7.90. The lowest BCUT2D eigenvalue weighted by Crippen LogP contribution is -2.10. The van der Waals surface area contributed by atoms with Gasteiger partial charge in [0.1, 0.15) is 19.0 Å². The summed E-state index contributed by atoms with van der Waals surface area (Å²) in [5.41, 5.74) is 2.03. The number of hydrogen-bond acceptors (Lipinski definition) is 3. The third-order valence-electron chi connectivity index (χ3n) is 2.89. The third kappa shape index (κ3) is 5.15. The molecule has 0 bridgehead atoms. The van der Waals surface area contributed by atoms with Crippen LogP contribution in [0, 0.1) is 6.92 Å². The van der Waals surface area contributed by atoms with E-state index >= 15 is 0 Å². The van der Waals surface area contributed by atoms with Crippen molar-refractivity contribution in [3.63, 3.8) is 0 Å². The highest BCUT2D eigenvalue weighted by molar-refractivity contribution is 5.87. The molecule has 21 heavy (non-hydrogen) atoms. The van der Waals surface area contributed by atoms with Gasteiger partial charge >= 0.3 is 5.97 Å². The molecule has 2 aromatic rings. The Morgan fingerprint density at radius 1 is 1.00 bits per heavy atom. The molecule has 3 heteroatoms. The molecular formula is C18H18O3. The van der Waals surface area contributed by atoms with Gasteiger partial charge in [-0.2, -0.15) is 0 Å². The minimum atomic E-state index is -0.368. The zero-order valence-corrected chi connectivity index (χ0v) is 12.0. The van der Waals surface area contributed by atoms with Crippen LogP contribution in [-0.2, 0) is 9.53 Å². The van der Waals surface area contributed by atoms with Crippen molar-refractivity contribution in [3.8, 4) is 5.75 Å². The van der Waals surface area contributed by atoms with E-state index in [2.05, 4.69) is 0 Å². The van der Waals surface area contributed by atoms with Gasteiger partial charge in [-0.1, -0.05) is 48.5 Å². The minimum absolute atomic E-state index is 0.228. The van der Waals surface area contributed by atoms with Gasteiger partial charge in [0.15, 0.2) is 0 Å². The van der Waals surface area contributed by atoms with Crippen molar-refractivity contribution in [1.82, 2.24) is 0 Å². The van der Waals surface area contributed by atoms with Crippen molar-refractivity contribution in [2.75, 3.05) is 13.2 Å². The van der Waals surface area contributed by atoms with Crippen LogP contribution in [-0.4, -0.2) is 19.2 Å². The van der Waals surface area contributed by atoms with E-state index in [9.17, 15) is 4.79 Å². The lowest BCUT2D eigenvalue weighted by atomic mass is 10.2. The summed E-state index contributed by atoms with van der Waals surface area (Å²) in [6.45, 7) is 2.55. The van der Waals surface area contributed by atoms with Crippen LogP contribution in [0.15, 0.2) is 60.7 Å². The lowest BCUT2D eigenvalue weighted by molar-refractivity contribution is -0.138. The molecule has 0 saturated heterocycles. The molecule has 0 aliphatic rings. The summed E-state index contributed by atoms with van der Waals surface area (Å²) in [6.07, 6.45) is 3.15. The highest BCUT2D eigenvalue weighted by Crippen LogP contribution is 2.15. The third-order valence-corrected chi connectivity index (χ3v) is 2.89. The topological polar surface area (TPSA) is 35.5 Å². The van der Waals surface area contributed by atoms with E-state index in [1.807, 2.05) is 61.5 Å². The van der Waals surface area contributed by atoms with Crippen LogP contribution >= 0.6 is 0 Å². The summed E-state index contributed by atoms with van der Waals surface area (Å²) in [5.74, 6) is 0.445. The van der Waals surface area contributed by atoms with Gasteiger partial charge in [0.2, 0.25) is 0 Å². The highest BCUT2D eigenvalue weighted by atomic mass is 16.6. The molecule has 0 saturated carbocycles. The highest BCUT2D eigenvalue weighted by Gasteiger charge is 2.00. The number of carbonyl (C=O) groups is 1. The fourth-order valence-electron chi connectivity index (χ4n) is 1.79. The summed E-state index contributed by atoms with van der Waals surface area (Å²) >= 11 is 0. The summed E-state index contributed by atoms with van der Waals surface area (Å²) in [5, 5.41) is 0. The van der Waals surface area contributed by atoms with Gasteiger partial charge in [0, 0.05) is 6.08 Å². The number of rotatable bonds is 6. The van der Waals surface area contributed by atoms with E-state index in [1.165, 1.54) is 6.08 Å². The largest absolute Gasteiger partial charge is 0.490 e. The fraction of sp³-hybridized carbons (Fsp3) is 0.167. The normalized spacial score (nSPS) is 10.5. The van der Waals surface area contributed by atoms with E-state index < -0.39 is 0 Å². The molecule has 0 unspecified atom stereocenters. The number of esters is 1. The zero-order valence-electron chi connectivity index (χ0n) is 12.0. The first kappa shape index (κ1) is 14.9. The van der Waals surface area contributed by atoms with Crippen molar-refractivity contribution in [1.29, 1.82) is 0 Å². The first-order chi connectivity index (χ1) is 10.3. The van der Waals surface area contributed by atoms with Crippen LogP contribution in [0.4, 0.5) is 0 Å². The molecule has 108 valence electrons. The number of hydrogen-bond donors (Lipinski definition) is 0. The van der Waals surface area contributed by atoms with Crippen molar-refractivity contribution in [2.45, 2.75) is 6.92 Å². The van der Waals surface area contributed by atoms with Crippen molar-refractivity contribution < 1.29 is 14.3 Å². The monoisotopic (exact) mass is 282 g/mol. The molecule has 0 radical (unpaired) electrons. The Morgan fingerprint density at radius 3 is 2.48 bits per heavy atom. The SMILES string of the molecule is Cc1ccccc1OCCOC(=O)C=Cc1ccccc1. The Hall–Kier alpha value is -2.55. The average Bonchev–Trinajstić information content (AvgIpc) is 2.52. The second-order valence-corrected chi connectivity index (χ2v) is 4.53. The molecule has 3 nitrogen and oxygen atoms in total. The fourth-order valence-corrected chi connectivity index (χ4v) is 1.79. The van der Waals surface area contributed by atoms with Crippen LogP contribution in [0.25, 0.3) is 6.08 Å². The Labute approximate surface area is 124 Å². The van der Waals surface area contributed by atoms with Gasteiger partial charge in [0.05, 0.1) is 0 Å². The van der Waals surface area contributed by atoms with Crippen LogP contribution < -0.4 is 4.74 Å². The summed E-state index contributed by atoms with van der Waals surface area (Å²) in [4.78, 5) is 11.5. The van der Waals surface area contributed by atoms with Gasteiger partial charge in [-0.05, 0) is 30.2 Å². The standard InChI is InChI=1S/C18H18O3/c1-15-7-5-6-10-17(15)20-13-14-21-18(19)12-11-16-8-3-2-4-9-16/h2-12H,13-14H2,1H3. The quantitative estimate of drug-likeness (QED) is 0.461. The molecule has 0 heterocycles. The van der Waals surface area contributed by atoms with Crippen LogP contribution in [0.3, 0.4) is 0 Å². The number of aryl methyl sites for hydroxylation is 1. The van der Waals surface area contributed by atoms with Gasteiger partial charge in [-0.15, -0.1) is 0 Å². The number of carbonyl (C=O) groups excluding carboxylic acids is 1. The summed E-state index contributed by atoms with van der Waals surface area (Å²) in [6, 6.07) is 17.3. The van der Waals surface area contributed by atoms with Gasteiger partial charge in [0.25, 0.3) is 0 Å². The maximum Gasteiger partial charge on any atom is 0.330 e. The Morgan fingerprint density at radius 2 is 1.71 bits per heavy atom. The van der Waals surface area contributed by atoms with Crippen molar-refractivity contribution in [2.24, 2.45) is 0 Å². The Kier molecular flexibility index (Phi) is 5.59. The van der Waals surface area contributed by atoms with E-state index in [0.717, 1.165) is 16.9 Å². The molecule has 0 spiro atoms. The van der Waals surface area contributed by atoms with Gasteiger partial charge < -0.3 is 9.47 Å². The smallest absolute Gasteiger partial charge is 0.330 e. The van der Waals surface area contributed by atoms with Crippen LogP contribution in [0.1, 0.15) is 11.1 Å². The zero-order chi connectivity index (χ0) is 14.9. The predicted octanol–water partition coefficient (Wildman–Crippen LogP) is 3.63. The average molecular weight is 282 g/mol. The molecule has 2 aromatic carbocycles. The molecule has 0 aromatic heterocycles. The molecule has 0 fully saturated rings. The number of benzene rings is 2. The minimum Gasteiger partial charge on any atom is -0.490 e. The van der Waals surface area contributed by atoms with Gasteiger partial charge in [-0.25, -0.2) is 4.79 Å². The van der Waals surface area contributed by atoms with E-state index in [-0.39, 0.29) is 12.6 Å². The molecule has 0 amide bonds. The summed E-state index contributed by atoms with van der Waals surface area (Å²) in [7, 11) is 0. The maximum absolute atomic E-state index is 11.5. The van der Waals surface area contributed by atoms with E-state index in [0.29, 0.717) is 6.61 Å². The number of para-hydroxylation sites is 1. The first-order valence-electron chi connectivity index (χ1n) is 6.84. The molecule has 0 aliphatic heterocycles. The molecule has 2 rings (SSSR count). The molecule has 0 aliphatic carbocycles.